The van der Waals surface area contributed by atoms with E-state index in [0.29, 0.717) is 30.2 Å². The van der Waals surface area contributed by atoms with E-state index in [0.717, 1.165) is 22.2 Å². The number of carbonyl (C=O) groups excluding carboxylic acids is 2. The van der Waals surface area contributed by atoms with Gasteiger partial charge in [0.05, 0.1) is 25.0 Å². The van der Waals surface area contributed by atoms with Crippen LogP contribution in [0.5, 0.6) is 5.75 Å². The van der Waals surface area contributed by atoms with Crippen molar-refractivity contribution in [3.8, 4) is 5.75 Å². The summed E-state index contributed by atoms with van der Waals surface area (Å²) in [4.78, 5) is 24.9. The molecule has 2 heterocycles. The number of ether oxygens (including phenoxy) is 2. The van der Waals surface area contributed by atoms with E-state index in [9.17, 15) is 9.59 Å². The maximum Gasteiger partial charge on any atom is 0.340 e. The van der Waals surface area contributed by atoms with E-state index >= 15 is 0 Å². The number of amides is 1. The number of hydrogen-bond acceptors (Lipinski definition) is 5. The molecule has 2 aromatic heterocycles. The predicted molar refractivity (Wildman–Crippen MR) is 124 cm³/mol. The Hall–Kier alpha value is -4.00. The number of fused-ring (bicyclic) bond motifs is 1. The maximum absolute atomic E-state index is 12.8. The second kappa shape index (κ2) is 10.1. The number of nitrogens with zero attached hydrogens (tertiary/aromatic N) is 1. The maximum atomic E-state index is 12.8. The molecule has 1 N–H and O–H groups in total. The summed E-state index contributed by atoms with van der Waals surface area (Å²) >= 11 is 0. The molecule has 0 unspecified atom stereocenters. The monoisotopic (exact) mass is 446 g/mol. The van der Waals surface area contributed by atoms with Gasteiger partial charge in [0.2, 0.25) is 0 Å². The standard InChI is InChI=1S/C26H26N2O5/c1-3-31-26(30)25-18(2)28(16-19-8-5-4-6-9-19)23-12-11-20(14-22(23)25)33-17-24(29)27-15-21-10-7-13-32-21/h4-14H,3,15-17H2,1-2H3,(H,27,29). The first-order valence-electron chi connectivity index (χ1n) is 10.8. The van der Waals surface area contributed by atoms with Crippen LogP contribution in [0.4, 0.5) is 0 Å². The number of nitrogens with one attached hydrogen (secondary N) is 1. The van der Waals surface area contributed by atoms with Gasteiger partial charge < -0.3 is 23.8 Å². The molecule has 0 atom stereocenters. The fourth-order valence-electron chi connectivity index (χ4n) is 3.78. The minimum Gasteiger partial charge on any atom is -0.484 e. The highest BCUT2D eigenvalue weighted by atomic mass is 16.5. The van der Waals surface area contributed by atoms with Gasteiger partial charge in [0.15, 0.2) is 6.61 Å². The lowest BCUT2D eigenvalue weighted by molar-refractivity contribution is -0.123. The molecule has 0 aliphatic heterocycles. The second-order valence-electron chi connectivity index (χ2n) is 7.58. The highest BCUT2D eigenvalue weighted by molar-refractivity contribution is 6.06. The molecule has 0 radical (unpaired) electrons. The molecule has 0 bridgehead atoms. The van der Waals surface area contributed by atoms with E-state index < -0.39 is 0 Å². The number of rotatable bonds is 9. The Labute approximate surface area is 191 Å². The number of furan rings is 1. The first-order chi connectivity index (χ1) is 16.1. The van der Waals surface area contributed by atoms with Gasteiger partial charge in [-0.2, -0.15) is 0 Å². The number of carbonyl (C=O) groups is 2. The van der Waals surface area contributed by atoms with E-state index in [1.807, 2.05) is 43.3 Å². The van der Waals surface area contributed by atoms with Crippen molar-refractivity contribution in [1.82, 2.24) is 9.88 Å². The van der Waals surface area contributed by atoms with Gasteiger partial charge in [-0.05, 0) is 49.7 Å². The van der Waals surface area contributed by atoms with Crippen molar-refractivity contribution in [2.75, 3.05) is 13.2 Å². The fourth-order valence-corrected chi connectivity index (χ4v) is 3.78. The third-order valence-corrected chi connectivity index (χ3v) is 5.37. The van der Waals surface area contributed by atoms with Crippen molar-refractivity contribution in [3.63, 3.8) is 0 Å². The molecule has 4 aromatic rings. The molecule has 0 fully saturated rings. The largest absolute Gasteiger partial charge is 0.484 e. The van der Waals surface area contributed by atoms with Crippen molar-refractivity contribution < 1.29 is 23.5 Å². The molecule has 0 saturated heterocycles. The van der Waals surface area contributed by atoms with E-state index in [4.69, 9.17) is 13.9 Å². The molecular formula is C26H26N2O5. The normalized spacial score (nSPS) is 10.8. The van der Waals surface area contributed by atoms with Crippen LogP contribution in [-0.4, -0.2) is 29.7 Å². The van der Waals surface area contributed by atoms with Crippen LogP contribution in [0.3, 0.4) is 0 Å². The molecule has 2 aromatic carbocycles. The highest BCUT2D eigenvalue weighted by Gasteiger charge is 2.22. The van der Waals surface area contributed by atoms with Crippen LogP contribution < -0.4 is 10.1 Å². The van der Waals surface area contributed by atoms with Crippen molar-refractivity contribution in [3.05, 3.63) is 89.5 Å². The van der Waals surface area contributed by atoms with E-state index in [2.05, 4.69) is 9.88 Å². The molecule has 0 spiro atoms. The SMILES string of the molecule is CCOC(=O)c1c(C)n(Cc2ccccc2)c2ccc(OCC(=O)NCc3ccco3)cc12. The van der Waals surface area contributed by atoms with Gasteiger partial charge in [0.25, 0.3) is 5.91 Å². The van der Waals surface area contributed by atoms with E-state index in [1.54, 1.807) is 37.5 Å². The fraction of sp³-hybridized carbons (Fsp3) is 0.231. The number of hydrogen-bond donors (Lipinski definition) is 1. The summed E-state index contributed by atoms with van der Waals surface area (Å²) < 4.78 is 18.3. The summed E-state index contributed by atoms with van der Waals surface area (Å²) in [5, 5.41) is 3.48. The summed E-state index contributed by atoms with van der Waals surface area (Å²) in [5.41, 5.74) is 3.35. The minimum absolute atomic E-state index is 0.148. The van der Waals surface area contributed by atoms with Crippen LogP contribution in [0.2, 0.25) is 0 Å². The lowest BCUT2D eigenvalue weighted by atomic mass is 10.1. The molecule has 7 heteroatoms. The molecule has 0 aliphatic carbocycles. The number of benzene rings is 2. The summed E-state index contributed by atoms with van der Waals surface area (Å²) in [7, 11) is 0. The minimum atomic E-state index is -0.375. The summed E-state index contributed by atoms with van der Waals surface area (Å²) in [6.45, 7) is 4.76. The highest BCUT2D eigenvalue weighted by Crippen LogP contribution is 2.31. The molecular weight excluding hydrogens is 420 g/mol. The van der Waals surface area contributed by atoms with Crippen LogP contribution in [0.15, 0.2) is 71.3 Å². The van der Waals surface area contributed by atoms with Crippen molar-refractivity contribution in [2.24, 2.45) is 0 Å². The smallest absolute Gasteiger partial charge is 0.340 e. The van der Waals surface area contributed by atoms with Gasteiger partial charge in [0, 0.05) is 23.1 Å². The van der Waals surface area contributed by atoms with Crippen LogP contribution >= 0.6 is 0 Å². The number of esters is 1. The molecule has 1 amide bonds. The average Bonchev–Trinajstić information content (AvgIpc) is 3.43. The van der Waals surface area contributed by atoms with Gasteiger partial charge in [-0.15, -0.1) is 0 Å². The van der Waals surface area contributed by atoms with Crippen molar-refractivity contribution >= 4 is 22.8 Å². The lowest BCUT2D eigenvalue weighted by Crippen LogP contribution is -2.28. The Morgan fingerprint density at radius 2 is 1.88 bits per heavy atom. The van der Waals surface area contributed by atoms with Crippen molar-refractivity contribution in [2.45, 2.75) is 26.9 Å². The Bertz CT molecular complexity index is 1240. The Morgan fingerprint density at radius 1 is 1.06 bits per heavy atom. The van der Waals surface area contributed by atoms with Crippen LogP contribution in [-0.2, 0) is 22.6 Å². The third-order valence-electron chi connectivity index (χ3n) is 5.37. The van der Waals surface area contributed by atoms with Crippen LogP contribution in [0.25, 0.3) is 10.9 Å². The van der Waals surface area contributed by atoms with Gasteiger partial charge in [-0.3, -0.25) is 4.79 Å². The third kappa shape index (κ3) is 5.09. The second-order valence-corrected chi connectivity index (χ2v) is 7.58. The van der Waals surface area contributed by atoms with Gasteiger partial charge in [0.1, 0.15) is 11.5 Å². The quantitative estimate of drug-likeness (QED) is 0.384. The zero-order valence-corrected chi connectivity index (χ0v) is 18.7. The predicted octanol–water partition coefficient (Wildman–Crippen LogP) is 4.46. The Balaban J connectivity index is 1.57. The first kappa shape index (κ1) is 22.2. The average molecular weight is 447 g/mol. The topological polar surface area (TPSA) is 82.7 Å². The molecule has 4 rings (SSSR count). The van der Waals surface area contributed by atoms with E-state index in [-0.39, 0.29) is 25.1 Å². The molecule has 0 saturated carbocycles. The Kier molecular flexibility index (Phi) is 6.78. The Morgan fingerprint density at radius 3 is 2.61 bits per heavy atom. The summed E-state index contributed by atoms with van der Waals surface area (Å²) in [6, 6.07) is 19.1. The van der Waals surface area contributed by atoms with Crippen LogP contribution in [0, 0.1) is 6.92 Å². The molecule has 170 valence electrons. The van der Waals surface area contributed by atoms with Gasteiger partial charge in [-0.1, -0.05) is 30.3 Å². The molecule has 0 aliphatic rings. The zero-order chi connectivity index (χ0) is 23.2. The first-order valence-corrected chi connectivity index (χ1v) is 10.8. The summed E-state index contributed by atoms with van der Waals surface area (Å²) in [6.07, 6.45) is 1.56. The van der Waals surface area contributed by atoms with Gasteiger partial charge >= 0.3 is 5.97 Å². The number of aromatic nitrogens is 1. The lowest BCUT2D eigenvalue weighted by Gasteiger charge is -2.10. The summed E-state index contributed by atoms with van der Waals surface area (Å²) in [5.74, 6) is 0.521. The van der Waals surface area contributed by atoms with Crippen LogP contribution in [0.1, 0.15) is 34.3 Å². The molecule has 7 nitrogen and oxygen atoms in total. The zero-order valence-electron chi connectivity index (χ0n) is 18.7. The van der Waals surface area contributed by atoms with E-state index in [1.165, 1.54) is 0 Å². The molecule has 33 heavy (non-hydrogen) atoms. The van der Waals surface area contributed by atoms with Gasteiger partial charge in [-0.25, -0.2) is 4.79 Å². The van der Waals surface area contributed by atoms with Crippen molar-refractivity contribution in [1.29, 1.82) is 0 Å².